The van der Waals surface area contributed by atoms with Crippen molar-refractivity contribution in [2.75, 3.05) is 6.61 Å². The van der Waals surface area contributed by atoms with Gasteiger partial charge in [-0.05, 0) is 6.42 Å². The lowest BCUT2D eigenvalue weighted by Crippen LogP contribution is -2.19. The summed E-state index contributed by atoms with van der Waals surface area (Å²) in [6, 6.07) is 0. The zero-order valence-corrected chi connectivity index (χ0v) is 8.53. The number of carbonyl (C=O) groups is 1. The highest BCUT2D eigenvalue weighted by Crippen LogP contribution is 2.03. The van der Waals surface area contributed by atoms with Crippen LogP contribution in [0.3, 0.4) is 0 Å². The molecule has 4 nitrogen and oxygen atoms in total. The molecule has 0 rings (SSSR count). The van der Waals surface area contributed by atoms with Crippen LogP contribution in [0, 0.1) is 5.92 Å². The van der Waals surface area contributed by atoms with Gasteiger partial charge in [0.2, 0.25) is 0 Å². The third-order valence-electron chi connectivity index (χ3n) is 1.67. The molecule has 0 aromatic carbocycles. The fourth-order valence-electron chi connectivity index (χ4n) is 0.524. The summed E-state index contributed by atoms with van der Waals surface area (Å²) in [6.07, 6.45) is 0.613. The van der Waals surface area contributed by atoms with Crippen LogP contribution in [-0.4, -0.2) is 34.0 Å². The topological polar surface area (TPSA) is 77.8 Å². The highest BCUT2D eigenvalue weighted by Gasteiger charge is 2.08. The van der Waals surface area contributed by atoms with E-state index >= 15 is 0 Å². The third-order valence-corrected chi connectivity index (χ3v) is 1.67. The average molecular weight is 192 g/mol. The maximum atomic E-state index is 9.37. The Bertz CT molecular complexity index is 117. The van der Waals surface area contributed by atoms with Gasteiger partial charge in [-0.2, -0.15) is 0 Å². The molecular formula is C9H20O4. The van der Waals surface area contributed by atoms with Crippen LogP contribution in [-0.2, 0) is 4.79 Å². The first-order valence-electron chi connectivity index (χ1n) is 4.50. The minimum atomic E-state index is -0.745. The molecule has 0 fully saturated rings. The van der Waals surface area contributed by atoms with Crippen molar-refractivity contribution in [3.05, 3.63) is 0 Å². The van der Waals surface area contributed by atoms with Crippen molar-refractivity contribution in [2.45, 2.75) is 39.7 Å². The second kappa shape index (κ2) is 9.48. The zero-order valence-electron chi connectivity index (χ0n) is 8.53. The first-order chi connectivity index (χ1) is 5.99. The van der Waals surface area contributed by atoms with Crippen molar-refractivity contribution in [1.82, 2.24) is 0 Å². The van der Waals surface area contributed by atoms with Gasteiger partial charge >= 0.3 is 5.97 Å². The van der Waals surface area contributed by atoms with Gasteiger partial charge in [0.1, 0.15) is 0 Å². The van der Waals surface area contributed by atoms with Crippen LogP contribution in [0.5, 0.6) is 0 Å². The van der Waals surface area contributed by atoms with Crippen LogP contribution in [0.1, 0.15) is 33.6 Å². The van der Waals surface area contributed by atoms with Gasteiger partial charge < -0.3 is 15.3 Å². The number of aliphatic hydroxyl groups excluding tert-OH is 2. The largest absolute Gasteiger partial charge is 0.481 e. The molecule has 0 aliphatic rings. The Morgan fingerprint density at radius 3 is 1.85 bits per heavy atom. The number of aliphatic hydroxyl groups is 2. The molecule has 0 aromatic heterocycles. The molecule has 0 spiro atoms. The lowest BCUT2D eigenvalue weighted by molar-refractivity contribution is -0.136. The van der Waals surface area contributed by atoms with E-state index in [0.717, 1.165) is 6.42 Å². The molecule has 0 saturated heterocycles. The standard InChI is InChI=1S/C6H14O2.C3H6O2/c1-3-6(8)5(2)4-7;1-2-3(4)5/h5-8H,3-4H2,1-2H3;2H2,1H3,(H,4,5). The van der Waals surface area contributed by atoms with Gasteiger partial charge in [0, 0.05) is 18.9 Å². The molecule has 13 heavy (non-hydrogen) atoms. The summed E-state index contributed by atoms with van der Waals surface area (Å²) in [7, 11) is 0. The van der Waals surface area contributed by atoms with Crippen molar-refractivity contribution < 1.29 is 20.1 Å². The molecule has 0 aromatic rings. The number of hydrogen-bond donors (Lipinski definition) is 3. The van der Waals surface area contributed by atoms with Crippen molar-refractivity contribution in [3.63, 3.8) is 0 Å². The van der Waals surface area contributed by atoms with Crippen LogP contribution in [0.15, 0.2) is 0 Å². The molecular weight excluding hydrogens is 172 g/mol. The summed E-state index contributed by atoms with van der Waals surface area (Å²) in [5.41, 5.74) is 0. The summed E-state index contributed by atoms with van der Waals surface area (Å²) in [4.78, 5) is 9.37. The highest BCUT2D eigenvalue weighted by molar-refractivity contribution is 5.66. The third kappa shape index (κ3) is 11.4. The summed E-state index contributed by atoms with van der Waals surface area (Å²) < 4.78 is 0. The van der Waals surface area contributed by atoms with Crippen LogP contribution < -0.4 is 0 Å². The van der Waals surface area contributed by atoms with Gasteiger partial charge in [-0.15, -0.1) is 0 Å². The predicted octanol–water partition coefficient (Wildman–Crippen LogP) is 0.867. The lowest BCUT2D eigenvalue weighted by atomic mass is 10.0. The summed E-state index contributed by atoms with van der Waals surface area (Å²) in [5.74, 6) is -0.718. The zero-order chi connectivity index (χ0) is 10.9. The molecule has 0 heterocycles. The van der Waals surface area contributed by atoms with E-state index in [1.165, 1.54) is 0 Å². The van der Waals surface area contributed by atoms with E-state index in [-0.39, 0.29) is 25.0 Å². The van der Waals surface area contributed by atoms with Gasteiger partial charge in [-0.3, -0.25) is 4.79 Å². The Kier molecular flexibility index (Phi) is 10.9. The average Bonchev–Trinajstić information content (AvgIpc) is 2.16. The van der Waals surface area contributed by atoms with Crippen LogP contribution in [0.2, 0.25) is 0 Å². The Labute approximate surface area is 79.2 Å². The van der Waals surface area contributed by atoms with E-state index < -0.39 is 5.97 Å². The Hall–Kier alpha value is -0.610. The molecule has 0 aliphatic carbocycles. The van der Waals surface area contributed by atoms with E-state index in [4.69, 9.17) is 15.3 Å². The molecule has 2 atom stereocenters. The van der Waals surface area contributed by atoms with Crippen LogP contribution in [0.25, 0.3) is 0 Å². The quantitative estimate of drug-likeness (QED) is 0.617. The molecule has 80 valence electrons. The molecule has 0 aliphatic heterocycles. The van der Waals surface area contributed by atoms with Crippen molar-refractivity contribution in [1.29, 1.82) is 0 Å². The first-order valence-corrected chi connectivity index (χ1v) is 4.50. The van der Waals surface area contributed by atoms with Gasteiger partial charge in [0.15, 0.2) is 0 Å². The number of rotatable bonds is 4. The first kappa shape index (κ1) is 14.9. The Morgan fingerprint density at radius 1 is 1.38 bits per heavy atom. The van der Waals surface area contributed by atoms with E-state index in [1.807, 2.05) is 13.8 Å². The summed E-state index contributed by atoms with van der Waals surface area (Å²) in [5, 5.41) is 25.2. The van der Waals surface area contributed by atoms with Gasteiger partial charge in [0.25, 0.3) is 0 Å². The Balaban J connectivity index is 0. The number of carboxylic acid groups (broad SMARTS) is 1. The van der Waals surface area contributed by atoms with Crippen molar-refractivity contribution in [3.8, 4) is 0 Å². The lowest BCUT2D eigenvalue weighted by Gasteiger charge is -2.12. The van der Waals surface area contributed by atoms with Gasteiger partial charge in [0.05, 0.1) is 6.10 Å². The van der Waals surface area contributed by atoms with E-state index in [9.17, 15) is 4.79 Å². The SMILES string of the molecule is CCC(=O)O.CCC(O)C(C)CO. The van der Waals surface area contributed by atoms with E-state index in [2.05, 4.69) is 0 Å². The second-order valence-electron chi connectivity index (χ2n) is 2.88. The number of aliphatic carboxylic acids is 1. The molecule has 0 amide bonds. The highest BCUT2D eigenvalue weighted by atomic mass is 16.4. The minimum Gasteiger partial charge on any atom is -0.481 e. The summed E-state index contributed by atoms with van der Waals surface area (Å²) >= 11 is 0. The van der Waals surface area contributed by atoms with Crippen LogP contribution >= 0.6 is 0 Å². The smallest absolute Gasteiger partial charge is 0.303 e. The molecule has 0 saturated carbocycles. The van der Waals surface area contributed by atoms with E-state index in [1.54, 1.807) is 6.92 Å². The molecule has 4 heteroatoms. The normalized spacial score (nSPS) is 13.9. The molecule has 0 radical (unpaired) electrons. The maximum absolute atomic E-state index is 9.37. The van der Waals surface area contributed by atoms with Crippen molar-refractivity contribution >= 4 is 5.97 Å². The monoisotopic (exact) mass is 192 g/mol. The second-order valence-corrected chi connectivity index (χ2v) is 2.88. The molecule has 3 N–H and O–H groups in total. The van der Waals surface area contributed by atoms with E-state index in [0.29, 0.717) is 0 Å². The minimum absolute atomic E-state index is 0.0278. The molecule has 0 bridgehead atoms. The Morgan fingerprint density at radius 2 is 1.77 bits per heavy atom. The molecule has 2 unspecified atom stereocenters. The fraction of sp³-hybridized carbons (Fsp3) is 0.889. The predicted molar refractivity (Wildman–Crippen MR) is 50.5 cm³/mol. The van der Waals surface area contributed by atoms with Gasteiger partial charge in [-0.25, -0.2) is 0 Å². The summed E-state index contributed by atoms with van der Waals surface area (Å²) in [6.45, 7) is 5.41. The van der Waals surface area contributed by atoms with Gasteiger partial charge in [-0.1, -0.05) is 20.8 Å². The van der Waals surface area contributed by atoms with Crippen LogP contribution in [0.4, 0.5) is 0 Å². The number of hydrogen-bond acceptors (Lipinski definition) is 3. The maximum Gasteiger partial charge on any atom is 0.303 e. The fourth-order valence-corrected chi connectivity index (χ4v) is 0.524. The number of carboxylic acids is 1. The van der Waals surface area contributed by atoms with Crippen molar-refractivity contribution in [2.24, 2.45) is 5.92 Å².